The predicted octanol–water partition coefficient (Wildman–Crippen LogP) is 1.16. The summed E-state index contributed by atoms with van der Waals surface area (Å²) < 4.78 is 0. The van der Waals surface area contributed by atoms with Crippen LogP contribution >= 0.6 is 11.6 Å². The zero-order chi connectivity index (χ0) is 10.9. The van der Waals surface area contributed by atoms with Gasteiger partial charge in [-0.25, -0.2) is 4.98 Å². The molecule has 0 amide bonds. The molecule has 1 heterocycles. The maximum atomic E-state index is 9.83. The summed E-state index contributed by atoms with van der Waals surface area (Å²) in [5.41, 5.74) is 0.0476. The summed E-state index contributed by atoms with van der Waals surface area (Å²) in [5.74, 6) is 0.414. The highest BCUT2D eigenvalue weighted by Gasteiger charge is 2.34. The van der Waals surface area contributed by atoms with Crippen LogP contribution in [0.2, 0.25) is 5.15 Å². The van der Waals surface area contributed by atoms with E-state index in [1.807, 2.05) is 0 Å². The third-order valence-corrected chi connectivity index (χ3v) is 3.01. The molecule has 0 bridgehead atoms. The van der Waals surface area contributed by atoms with Crippen molar-refractivity contribution < 1.29 is 5.11 Å². The summed E-state index contributed by atoms with van der Waals surface area (Å²) in [5, 5.41) is 20.6. The molecule has 0 aromatic carbocycles. The summed E-state index contributed by atoms with van der Waals surface area (Å²) in [6.07, 6.45) is 2.75. The van der Waals surface area contributed by atoms with Gasteiger partial charge < -0.3 is 10.4 Å². The normalized spacial score (nSPS) is 18.3. The number of nitrogens with one attached hydrogen (secondary N) is 1. The number of nitrogens with zero attached hydrogens (tertiary/aromatic N) is 3. The highest BCUT2D eigenvalue weighted by Crippen LogP contribution is 2.31. The number of rotatable bonds is 3. The van der Waals surface area contributed by atoms with Crippen molar-refractivity contribution in [3.05, 3.63) is 10.8 Å². The van der Waals surface area contributed by atoms with Gasteiger partial charge in [-0.3, -0.25) is 0 Å². The van der Waals surface area contributed by atoms with Gasteiger partial charge in [0.15, 0.2) is 5.15 Å². The van der Waals surface area contributed by atoms with Gasteiger partial charge in [-0.1, -0.05) is 11.6 Å². The van der Waals surface area contributed by atoms with E-state index in [-0.39, 0.29) is 0 Å². The Balaban J connectivity index is 1.96. The first-order valence-corrected chi connectivity index (χ1v) is 5.30. The largest absolute Gasteiger partial charge is 0.388 e. The summed E-state index contributed by atoms with van der Waals surface area (Å²) in [4.78, 5) is 4.11. The van der Waals surface area contributed by atoms with E-state index in [1.165, 1.54) is 0 Å². The number of aromatic nitrogens is 3. The first-order valence-electron chi connectivity index (χ1n) is 4.92. The molecule has 2 rings (SSSR count). The molecular weight excluding hydrogens is 216 g/mol. The summed E-state index contributed by atoms with van der Waals surface area (Å²) in [7, 11) is 0. The number of hydrogen-bond donors (Lipinski definition) is 2. The van der Waals surface area contributed by atoms with Gasteiger partial charge in [0.2, 0.25) is 5.95 Å². The third kappa shape index (κ3) is 2.35. The van der Waals surface area contributed by atoms with Crippen LogP contribution in [-0.2, 0) is 0 Å². The molecule has 1 aliphatic rings. The number of hydrogen-bond acceptors (Lipinski definition) is 5. The van der Waals surface area contributed by atoms with Crippen molar-refractivity contribution in [3.8, 4) is 0 Å². The van der Waals surface area contributed by atoms with E-state index in [0.29, 0.717) is 23.3 Å². The van der Waals surface area contributed by atoms with Gasteiger partial charge in [0.1, 0.15) is 0 Å². The van der Waals surface area contributed by atoms with Crippen LogP contribution in [0.1, 0.15) is 25.0 Å². The third-order valence-electron chi connectivity index (χ3n) is 2.66. The number of halogens is 1. The molecule has 1 saturated carbocycles. The lowest BCUT2D eigenvalue weighted by molar-refractivity contribution is -0.0203. The van der Waals surface area contributed by atoms with Crippen LogP contribution in [0.4, 0.5) is 5.95 Å². The van der Waals surface area contributed by atoms with E-state index in [4.69, 9.17) is 11.6 Å². The van der Waals surface area contributed by atoms with Crippen LogP contribution in [0.25, 0.3) is 0 Å². The van der Waals surface area contributed by atoms with Crippen molar-refractivity contribution in [2.75, 3.05) is 11.9 Å². The smallest absolute Gasteiger partial charge is 0.243 e. The molecular formula is C9H13ClN4O. The lowest BCUT2D eigenvalue weighted by atomic mass is 9.80. The van der Waals surface area contributed by atoms with Gasteiger partial charge in [0.25, 0.3) is 0 Å². The van der Waals surface area contributed by atoms with E-state index in [0.717, 1.165) is 19.3 Å². The van der Waals surface area contributed by atoms with E-state index < -0.39 is 5.60 Å². The second-order valence-corrected chi connectivity index (χ2v) is 4.30. The minimum Gasteiger partial charge on any atom is -0.388 e. The quantitative estimate of drug-likeness (QED) is 0.813. The number of aliphatic hydroxyl groups is 1. The number of anilines is 1. The highest BCUT2D eigenvalue weighted by molar-refractivity contribution is 6.29. The Kier molecular flexibility index (Phi) is 2.75. The van der Waals surface area contributed by atoms with Gasteiger partial charge >= 0.3 is 0 Å². The fraction of sp³-hybridized carbons (Fsp3) is 0.667. The molecule has 0 atom stereocenters. The lowest BCUT2D eigenvalue weighted by Crippen LogP contribution is -2.43. The summed E-state index contributed by atoms with van der Waals surface area (Å²) in [6.45, 7) is 2.23. The Morgan fingerprint density at radius 1 is 1.47 bits per heavy atom. The van der Waals surface area contributed by atoms with Crippen LogP contribution in [0.3, 0.4) is 0 Å². The highest BCUT2D eigenvalue weighted by atomic mass is 35.5. The maximum Gasteiger partial charge on any atom is 0.243 e. The van der Waals surface area contributed by atoms with E-state index in [9.17, 15) is 5.11 Å². The molecule has 0 aliphatic heterocycles. The van der Waals surface area contributed by atoms with Gasteiger partial charge in [-0.15, -0.1) is 10.2 Å². The molecule has 0 spiro atoms. The van der Waals surface area contributed by atoms with Crippen molar-refractivity contribution in [1.29, 1.82) is 0 Å². The molecule has 15 heavy (non-hydrogen) atoms. The average Bonchev–Trinajstić information content (AvgIpc) is 2.17. The Bertz CT molecular complexity index is 367. The fourth-order valence-corrected chi connectivity index (χ4v) is 1.55. The molecule has 6 heteroatoms. The van der Waals surface area contributed by atoms with Gasteiger partial charge in [0.05, 0.1) is 11.3 Å². The van der Waals surface area contributed by atoms with Crippen LogP contribution in [0, 0.1) is 6.92 Å². The standard InChI is InChI=1S/C9H13ClN4O/c1-6-7(10)13-14-8(12-6)11-5-9(15)3-2-4-9/h15H,2-5H2,1H3,(H,11,12,14). The molecule has 5 nitrogen and oxygen atoms in total. The second-order valence-electron chi connectivity index (χ2n) is 3.94. The van der Waals surface area contributed by atoms with Crippen molar-refractivity contribution in [1.82, 2.24) is 15.2 Å². The van der Waals surface area contributed by atoms with Crippen molar-refractivity contribution in [2.24, 2.45) is 0 Å². The van der Waals surface area contributed by atoms with E-state index >= 15 is 0 Å². The van der Waals surface area contributed by atoms with Crippen molar-refractivity contribution in [3.63, 3.8) is 0 Å². The van der Waals surface area contributed by atoms with Crippen molar-refractivity contribution >= 4 is 17.5 Å². The van der Waals surface area contributed by atoms with E-state index in [2.05, 4.69) is 20.5 Å². The van der Waals surface area contributed by atoms with Gasteiger partial charge in [-0.2, -0.15) is 0 Å². The minimum absolute atomic E-state index is 0.308. The zero-order valence-corrected chi connectivity index (χ0v) is 9.25. The summed E-state index contributed by atoms with van der Waals surface area (Å²) >= 11 is 5.70. The SMILES string of the molecule is Cc1nc(NCC2(O)CCC2)nnc1Cl. The molecule has 1 aromatic rings. The van der Waals surface area contributed by atoms with Crippen LogP contribution < -0.4 is 5.32 Å². The molecule has 1 aromatic heterocycles. The Morgan fingerprint density at radius 3 is 2.73 bits per heavy atom. The lowest BCUT2D eigenvalue weighted by Gasteiger charge is -2.36. The topological polar surface area (TPSA) is 70.9 Å². The van der Waals surface area contributed by atoms with Gasteiger partial charge in [-0.05, 0) is 26.2 Å². The van der Waals surface area contributed by atoms with Gasteiger partial charge in [0, 0.05) is 6.54 Å². The Hall–Kier alpha value is -0.940. The molecule has 82 valence electrons. The minimum atomic E-state index is -0.586. The van der Waals surface area contributed by atoms with E-state index in [1.54, 1.807) is 6.92 Å². The summed E-state index contributed by atoms with van der Waals surface area (Å²) in [6, 6.07) is 0. The maximum absolute atomic E-state index is 9.83. The zero-order valence-electron chi connectivity index (χ0n) is 8.50. The first kappa shape index (κ1) is 10.6. The predicted molar refractivity (Wildman–Crippen MR) is 56.9 cm³/mol. The Labute approximate surface area is 92.9 Å². The monoisotopic (exact) mass is 228 g/mol. The second kappa shape index (κ2) is 3.90. The Morgan fingerprint density at radius 2 is 2.20 bits per heavy atom. The van der Waals surface area contributed by atoms with Crippen LogP contribution in [-0.4, -0.2) is 32.4 Å². The molecule has 0 saturated heterocycles. The fourth-order valence-electron chi connectivity index (χ4n) is 1.47. The molecule has 1 fully saturated rings. The molecule has 0 unspecified atom stereocenters. The number of aryl methyl sites for hydroxylation is 1. The first-order chi connectivity index (χ1) is 7.09. The van der Waals surface area contributed by atoms with Crippen molar-refractivity contribution in [2.45, 2.75) is 31.8 Å². The van der Waals surface area contributed by atoms with Crippen LogP contribution in [0.5, 0.6) is 0 Å². The molecule has 2 N–H and O–H groups in total. The molecule has 0 radical (unpaired) electrons. The van der Waals surface area contributed by atoms with Crippen LogP contribution in [0.15, 0.2) is 0 Å². The molecule has 1 aliphatic carbocycles. The average molecular weight is 229 g/mol.